The van der Waals surface area contributed by atoms with Crippen LogP contribution in [0.3, 0.4) is 0 Å². The number of hydrogen-bond donors (Lipinski definition) is 1. The van der Waals surface area contributed by atoms with Crippen molar-refractivity contribution < 1.29 is 37.0 Å². The number of ether oxygens (including phenoxy) is 2. The Labute approximate surface area is 216 Å². The fourth-order valence-electron chi connectivity index (χ4n) is 3.64. The summed E-state index contributed by atoms with van der Waals surface area (Å²) in [6.45, 7) is 6.35. The summed E-state index contributed by atoms with van der Waals surface area (Å²) < 4.78 is 49.8. The van der Waals surface area contributed by atoms with Crippen LogP contribution in [0, 0.1) is 5.41 Å². The summed E-state index contributed by atoms with van der Waals surface area (Å²) in [5, 5.41) is 7.27. The number of halogens is 4. The van der Waals surface area contributed by atoms with Gasteiger partial charge < -0.3 is 14.8 Å². The van der Waals surface area contributed by atoms with Crippen molar-refractivity contribution in [1.82, 2.24) is 5.01 Å². The number of nitrogens with zero attached hydrogens (tertiary/aromatic N) is 2. The van der Waals surface area contributed by atoms with E-state index in [-0.39, 0.29) is 30.5 Å². The first-order valence-electron chi connectivity index (χ1n) is 11.3. The molecule has 1 N–H and O–H groups in total. The van der Waals surface area contributed by atoms with Crippen LogP contribution in [0.1, 0.15) is 49.2 Å². The third kappa shape index (κ3) is 6.22. The molecule has 2 aromatic rings. The van der Waals surface area contributed by atoms with E-state index in [1.807, 2.05) is 0 Å². The zero-order chi connectivity index (χ0) is 27.5. The Morgan fingerprint density at radius 3 is 2.35 bits per heavy atom. The van der Waals surface area contributed by atoms with E-state index in [0.717, 1.165) is 23.2 Å². The van der Waals surface area contributed by atoms with Gasteiger partial charge in [-0.3, -0.25) is 4.79 Å². The van der Waals surface area contributed by atoms with Crippen LogP contribution in [-0.2, 0) is 20.4 Å². The Morgan fingerprint density at radius 2 is 1.81 bits per heavy atom. The molecule has 0 spiro atoms. The molecule has 0 radical (unpaired) electrons. The van der Waals surface area contributed by atoms with Gasteiger partial charge in [0, 0.05) is 11.3 Å². The first kappa shape index (κ1) is 28.0. The van der Waals surface area contributed by atoms with Crippen LogP contribution in [0.15, 0.2) is 47.6 Å². The minimum Gasteiger partial charge on any atom is -0.465 e. The van der Waals surface area contributed by atoms with E-state index in [9.17, 15) is 27.6 Å². The standard InChI is InChI=1S/C25H25ClF3N3O5/c1-5-36-22(34)24(4)13-32(31-20(24)16-8-11-18(19(26)12-16)25(27,28)29)23(35)30-17-9-6-15(7-10-17)21(33)37-14(2)3/h6-12,14H,5,13H2,1-4H3,(H,30,35). The van der Waals surface area contributed by atoms with Gasteiger partial charge >= 0.3 is 24.1 Å². The lowest BCUT2D eigenvalue weighted by atomic mass is 9.82. The van der Waals surface area contributed by atoms with Crippen molar-refractivity contribution in [3.63, 3.8) is 0 Å². The predicted octanol–water partition coefficient (Wildman–Crippen LogP) is 5.75. The first-order valence-corrected chi connectivity index (χ1v) is 11.7. The molecule has 0 fully saturated rings. The third-order valence-corrected chi connectivity index (χ3v) is 5.74. The molecule has 1 heterocycles. The van der Waals surface area contributed by atoms with Crippen molar-refractivity contribution in [1.29, 1.82) is 0 Å². The van der Waals surface area contributed by atoms with E-state index >= 15 is 0 Å². The van der Waals surface area contributed by atoms with E-state index in [4.69, 9.17) is 21.1 Å². The molecule has 0 aromatic heterocycles. The Hall–Kier alpha value is -3.60. The van der Waals surface area contributed by atoms with Crippen LogP contribution < -0.4 is 5.32 Å². The minimum atomic E-state index is -4.66. The average Bonchev–Trinajstić information content (AvgIpc) is 3.17. The van der Waals surface area contributed by atoms with Crippen molar-refractivity contribution >= 4 is 41.0 Å². The molecular weight excluding hydrogens is 515 g/mol. The summed E-state index contributed by atoms with van der Waals surface area (Å²) in [5.41, 5.74) is -1.71. The number of hydrogen-bond acceptors (Lipinski definition) is 6. The number of nitrogens with one attached hydrogen (secondary N) is 1. The van der Waals surface area contributed by atoms with Gasteiger partial charge in [-0.2, -0.15) is 18.3 Å². The number of carbonyl (C=O) groups excluding carboxylic acids is 3. The van der Waals surface area contributed by atoms with Gasteiger partial charge in [-0.05, 0) is 64.1 Å². The van der Waals surface area contributed by atoms with Crippen LogP contribution in [0.2, 0.25) is 5.02 Å². The lowest BCUT2D eigenvalue weighted by Gasteiger charge is -2.24. The van der Waals surface area contributed by atoms with Crippen LogP contribution in [0.25, 0.3) is 0 Å². The number of amides is 2. The Bertz CT molecular complexity index is 1230. The molecule has 1 aliphatic rings. The van der Waals surface area contributed by atoms with Gasteiger partial charge in [0.15, 0.2) is 0 Å². The molecule has 1 atom stereocenters. The van der Waals surface area contributed by atoms with Crippen molar-refractivity contribution in [2.75, 3.05) is 18.5 Å². The monoisotopic (exact) mass is 539 g/mol. The summed E-state index contributed by atoms with van der Waals surface area (Å²) in [4.78, 5) is 37.8. The van der Waals surface area contributed by atoms with E-state index in [1.165, 1.54) is 31.2 Å². The van der Waals surface area contributed by atoms with Crippen molar-refractivity contribution in [3.05, 3.63) is 64.2 Å². The van der Waals surface area contributed by atoms with E-state index < -0.39 is 40.1 Å². The number of alkyl halides is 3. The Morgan fingerprint density at radius 1 is 1.16 bits per heavy atom. The predicted molar refractivity (Wildman–Crippen MR) is 130 cm³/mol. The highest BCUT2D eigenvalue weighted by Crippen LogP contribution is 2.38. The quantitative estimate of drug-likeness (QED) is 0.472. The van der Waals surface area contributed by atoms with Gasteiger partial charge in [-0.1, -0.05) is 17.7 Å². The topological polar surface area (TPSA) is 97.3 Å². The number of carbonyl (C=O) groups is 3. The molecule has 37 heavy (non-hydrogen) atoms. The Kier molecular flexibility index (Phi) is 8.16. The maximum atomic E-state index is 13.2. The lowest BCUT2D eigenvalue weighted by molar-refractivity contribution is -0.150. The molecule has 3 rings (SSSR count). The SMILES string of the molecule is CCOC(=O)C1(C)CN(C(=O)Nc2ccc(C(=O)OC(C)C)cc2)N=C1c1ccc(C(F)(F)F)c(Cl)c1. The second kappa shape index (κ2) is 10.8. The molecular formula is C25H25ClF3N3O5. The normalized spacial score (nSPS) is 17.4. The van der Waals surface area contributed by atoms with Crippen LogP contribution in [0.5, 0.6) is 0 Å². The van der Waals surface area contributed by atoms with Crippen LogP contribution in [0.4, 0.5) is 23.7 Å². The number of anilines is 1. The smallest absolute Gasteiger partial charge is 0.417 e. The number of urea groups is 1. The first-order chi connectivity index (χ1) is 17.3. The average molecular weight is 540 g/mol. The zero-order valence-corrected chi connectivity index (χ0v) is 21.2. The zero-order valence-electron chi connectivity index (χ0n) is 20.5. The molecule has 1 unspecified atom stereocenters. The lowest BCUT2D eigenvalue weighted by Crippen LogP contribution is -2.42. The summed E-state index contributed by atoms with van der Waals surface area (Å²) in [6, 6.07) is 8.23. The highest BCUT2D eigenvalue weighted by Gasteiger charge is 2.49. The molecule has 2 aromatic carbocycles. The van der Waals surface area contributed by atoms with Gasteiger partial charge in [0.25, 0.3) is 0 Å². The molecule has 8 nitrogen and oxygen atoms in total. The van der Waals surface area contributed by atoms with E-state index in [0.29, 0.717) is 11.3 Å². The summed E-state index contributed by atoms with van der Waals surface area (Å²) in [5.74, 6) is -1.21. The van der Waals surface area contributed by atoms with Gasteiger partial charge in [-0.25, -0.2) is 14.6 Å². The molecule has 2 amide bonds. The Balaban J connectivity index is 1.88. The molecule has 0 aliphatic carbocycles. The highest BCUT2D eigenvalue weighted by atomic mass is 35.5. The second-order valence-electron chi connectivity index (χ2n) is 8.71. The molecule has 1 aliphatic heterocycles. The van der Waals surface area contributed by atoms with E-state index in [1.54, 1.807) is 20.8 Å². The second-order valence-corrected chi connectivity index (χ2v) is 9.12. The minimum absolute atomic E-state index is 0.0310. The third-order valence-electron chi connectivity index (χ3n) is 5.43. The van der Waals surface area contributed by atoms with Gasteiger partial charge in [0.2, 0.25) is 0 Å². The van der Waals surface area contributed by atoms with Crippen molar-refractivity contribution in [2.24, 2.45) is 10.5 Å². The van der Waals surface area contributed by atoms with Crippen LogP contribution in [-0.4, -0.2) is 47.9 Å². The maximum absolute atomic E-state index is 13.2. The summed E-state index contributed by atoms with van der Waals surface area (Å²) in [7, 11) is 0. The summed E-state index contributed by atoms with van der Waals surface area (Å²) in [6.07, 6.45) is -4.95. The number of esters is 2. The summed E-state index contributed by atoms with van der Waals surface area (Å²) >= 11 is 5.88. The van der Waals surface area contributed by atoms with Gasteiger partial charge in [-0.15, -0.1) is 0 Å². The molecule has 0 saturated heterocycles. The highest BCUT2D eigenvalue weighted by molar-refractivity contribution is 6.32. The van der Waals surface area contributed by atoms with Crippen molar-refractivity contribution in [2.45, 2.75) is 40.0 Å². The van der Waals surface area contributed by atoms with Crippen LogP contribution >= 0.6 is 11.6 Å². The largest absolute Gasteiger partial charge is 0.465 e. The number of rotatable bonds is 6. The van der Waals surface area contributed by atoms with E-state index in [2.05, 4.69) is 10.4 Å². The van der Waals surface area contributed by atoms with Gasteiger partial charge in [0.1, 0.15) is 5.41 Å². The fraction of sp³-hybridized carbons (Fsp3) is 0.360. The number of hydrazone groups is 1. The molecule has 198 valence electrons. The molecule has 0 saturated carbocycles. The van der Waals surface area contributed by atoms with Crippen molar-refractivity contribution in [3.8, 4) is 0 Å². The molecule has 0 bridgehead atoms. The fourth-order valence-corrected chi connectivity index (χ4v) is 3.93. The van der Waals surface area contributed by atoms with Gasteiger partial charge in [0.05, 0.1) is 41.1 Å². The maximum Gasteiger partial charge on any atom is 0.417 e. The molecule has 12 heteroatoms. The number of benzene rings is 2.